The molecular weight excluding hydrogens is 352 g/mol. The van der Waals surface area contributed by atoms with Crippen LogP contribution in [-0.4, -0.2) is 31.9 Å². The maximum Gasteiger partial charge on any atom is 0.197 e. The van der Waals surface area contributed by atoms with Crippen LogP contribution in [0.2, 0.25) is 0 Å². The summed E-state index contributed by atoms with van der Waals surface area (Å²) in [6.07, 6.45) is 3.45. The molecule has 0 saturated carbocycles. The van der Waals surface area contributed by atoms with Crippen LogP contribution in [-0.2, 0) is 0 Å². The molecule has 0 amide bonds. The summed E-state index contributed by atoms with van der Waals surface area (Å²) in [7, 11) is 1.63. The normalized spacial score (nSPS) is 12.6. The molecule has 144 valence electrons. The molecule has 3 heterocycles. The van der Waals surface area contributed by atoms with E-state index in [1.165, 1.54) is 6.33 Å². The summed E-state index contributed by atoms with van der Waals surface area (Å²) in [5.41, 5.74) is 12.8. The van der Waals surface area contributed by atoms with Gasteiger partial charge in [0.2, 0.25) is 0 Å². The molecule has 0 spiro atoms. The lowest BCUT2D eigenvalue weighted by atomic mass is 9.93. The minimum absolute atomic E-state index is 0.00948. The molecule has 0 radical (unpaired) electrons. The van der Waals surface area contributed by atoms with Crippen molar-refractivity contribution < 1.29 is 4.74 Å². The van der Waals surface area contributed by atoms with Crippen molar-refractivity contribution in [3.05, 3.63) is 54.0 Å². The van der Waals surface area contributed by atoms with Gasteiger partial charge in [-0.1, -0.05) is 38.1 Å². The number of hydrogen-bond donors (Lipinski definition) is 2. The number of nitrogens with one attached hydrogen (secondary N) is 1. The second kappa shape index (κ2) is 7.09. The van der Waals surface area contributed by atoms with E-state index >= 15 is 0 Å². The van der Waals surface area contributed by atoms with Crippen LogP contribution in [0.3, 0.4) is 0 Å². The number of nitrogens with two attached hydrogens (primary N) is 1. The second-order valence-corrected chi connectivity index (χ2v) is 7.25. The highest BCUT2D eigenvalue weighted by Crippen LogP contribution is 2.37. The monoisotopic (exact) mass is 376 g/mol. The van der Waals surface area contributed by atoms with Crippen LogP contribution in [0.4, 0.5) is 0 Å². The molecule has 7 nitrogen and oxygen atoms in total. The third-order valence-electron chi connectivity index (χ3n) is 4.94. The first-order valence-electron chi connectivity index (χ1n) is 9.31. The first-order valence-corrected chi connectivity index (χ1v) is 9.31. The number of fused-ring (bicyclic) bond motifs is 1. The fraction of sp³-hybridized carbons (Fsp3) is 0.286. The molecule has 1 aromatic carbocycles. The SMILES string of the molecule is COc1cc(-c2[nH]nc(-c3ccc(C(C)N)cc3)c2C(C)C)cn2ncnc12. The number of aromatic amines is 1. The van der Waals surface area contributed by atoms with E-state index in [1.54, 1.807) is 11.6 Å². The number of aromatic nitrogens is 5. The number of pyridine rings is 1. The van der Waals surface area contributed by atoms with E-state index < -0.39 is 0 Å². The quantitative estimate of drug-likeness (QED) is 0.550. The maximum atomic E-state index is 5.98. The Morgan fingerprint density at radius 3 is 2.50 bits per heavy atom. The number of benzene rings is 1. The van der Waals surface area contributed by atoms with Gasteiger partial charge in [-0.15, -0.1) is 0 Å². The Morgan fingerprint density at radius 1 is 1.11 bits per heavy atom. The van der Waals surface area contributed by atoms with Crippen molar-refractivity contribution in [2.75, 3.05) is 7.11 Å². The molecule has 28 heavy (non-hydrogen) atoms. The molecule has 7 heteroatoms. The largest absolute Gasteiger partial charge is 0.493 e. The van der Waals surface area contributed by atoms with Gasteiger partial charge in [-0.3, -0.25) is 5.10 Å². The Labute approximate surface area is 163 Å². The van der Waals surface area contributed by atoms with Gasteiger partial charge >= 0.3 is 0 Å². The maximum absolute atomic E-state index is 5.98. The number of nitrogens with zero attached hydrogens (tertiary/aromatic N) is 4. The van der Waals surface area contributed by atoms with Gasteiger partial charge in [0.05, 0.1) is 18.5 Å². The van der Waals surface area contributed by atoms with Crippen LogP contribution in [0, 0.1) is 0 Å². The van der Waals surface area contributed by atoms with Crippen molar-refractivity contribution in [2.24, 2.45) is 5.73 Å². The Morgan fingerprint density at radius 2 is 1.86 bits per heavy atom. The summed E-state index contributed by atoms with van der Waals surface area (Å²) >= 11 is 0. The van der Waals surface area contributed by atoms with Crippen molar-refractivity contribution in [3.63, 3.8) is 0 Å². The molecule has 0 aliphatic rings. The standard InChI is InChI=1S/C21H24N6O/c1-12(2)18-19(15-7-5-14(6-8-15)13(3)22)25-26-20(18)16-9-17(28-4)21-23-11-24-27(21)10-16/h5-13H,22H2,1-4H3,(H,25,26). The molecule has 3 N–H and O–H groups in total. The molecule has 0 saturated heterocycles. The highest BCUT2D eigenvalue weighted by molar-refractivity contribution is 5.76. The average Bonchev–Trinajstić information content (AvgIpc) is 3.34. The van der Waals surface area contributed by atoms with E-state index in [4.69, 9.17) is 10.5 Å². The number of rotatable bonds is 5. The van der Waals surface area contributed by atoms with E-state index in [0.29, 0.717) is 11.4 Å². The van der Waals surface area contributed by atoms with Crippen molar-refractivity contribution in [3.8, 4) is 28.3 Å². The van der Waals surface area contributed by atoms with E-state index in [2.05, 4.69) is 58.4 Å². The highest BCUT2D eigenvalue weighted by Gasteiger charge is 2.21. The number of ether oxygens (including phenoxy) is 1. The van der Waals surface area contributed by atoms with Gasteiger partial charge < -0.3 is 10.5 Å². The van der Waals surface area contributed by atoms with Crippen LogP contribution >= 0.6 is 0 Å². The van der Waals surface area contributed by atoms with Crippen LogP contribution in [0.25, 0.3) is 28.2 Å². The first-order chi connectivity index (χ1) is 13.5. The smallest absolute Gasteiger partial charge is 0.197 e. The van der Waals surface area contributed by atoms with E-state index in [0.717, 1.165) is 33.6 Å². The zero-order valence-corrected chi connectivity index (χ0v) is 16.5. The summed E-state index contributed by atoms with van der Waals surface area (Å²) < 4.78 is 7.22. The Bertz CT molecular complexity index is 1110. The fourth-order valence-corrected chi connectivity index (χ4v) is 3.48. The van der Waals surface area contributed by atoms with E-state index in [-0.39, 0.29) is 12.0 Å². The van der Waals surface area contributed by atoms with Crippen molar-refractivity contribution in [1.29, 1.82) is 0 Å². The molecule has 0 aliphatic heterocycles. The predicted molar refractivity (Wildman–Crippen MR) is 109 cm³/mol. The molecular formula is C21H24N6O. The van der Waals surface area contributed by atoms with Gasteiger partial charge in [0.25, 0.3) is 0 Å². The van der Waals surface area contributed by atoms with E-state index in [1.807, 2.05) is 19.2 Å². The lowest BCUT2D eigenvalue weighted by molar-refractivity contribution is 0.416. The van der Waals surface area contributed by atoms with Gasteiger partial charge in [0.1, 0.15) is 6.33 Å². The number of H-pyrrole nitrogens is 1. The Hall–Kier alpha value is -3.19. The third-order valence-corrected chi connectivity index (χ3v) is 4.94. The molecule has 4 rings (SSSR count). The van der Waals surface area contributed by atoms with Gasteiger partial charge in [0.15, 0.2) is 11.4 Å². The summed E-state index contributed by atoms with van der Waals surface area (Å²) in [4.78, 5) is 4.25. The molecule has 3 aromatic heterocycles. The van der Waals surface area contributed by atoms with Crippen molar-refractivity contribution >= 4 is 5.65 Å². The minimum Gasteiger partial charge on any atom is -0.493 e. The van der Waals surface area contributed by atoms with E-state index in [9.17, 15) is 0 Å². The molecule has 0 aliphatic carbocycles. The molecule has 4 aromatic rings. The van der Waals surface area contributed by atoms with Gasteiger partial charge in [-0.2, -0.15) is 10.2 Å². The summed E-state index contributed by atoms with van der Waals surface area (Å²) in [5, 5.41) is 12.1. The number of hydrogen-bond acceptors (Lipinski definition) is 5. The van der Waals surface area contributed by atoms with Crippen LogP contribution < -0.4 is 10.5 Å². The second-order valence-electron chi connectivity index (χ2n) is 7.25. The molecule has 1 atom stereocenters. The van der Waals surface area contributed by atoms with Crippen molar-refractivity contribution in [2.45, 2.75) is 32.7 Å². The Balaban J connectivity index is 1.85. The average molecular weight is 376 g/mol. The highest BCUT2D eigenvalue weighted by atomic mass is 16.5. The summed E-state index contributed by atoms with van der Waals surface area (Å²) in [6.45, 7) is 6.31. The summed E-state index contributed by atoms with van der Waals surface area (Å²) in [6, 6.07) is 10.2. The predicted octanol–water partition coefficient (Wildman–Crippen LogP) is 3.94. The molecule has 0 fully saturated rings. The molecule has 1 unspecified atom stereocenters. The van der Waals surface area contributed by atoms with Crippen molar-refractivity contribution in [1.82, 2.24) is 24.8 Å². The zero-order valence-electron chi connectivity index (χ0n) is 16.5. The zero-order chi connectivity index (χ0) is 19.8. The van der Waals surface area contributed by atoms with Gasteiger partial charge in [-0.05, 0) is 24.5 Å². The molecule has 0 bridgehead atoms. The topological polar surface area (TPSA) is 94.1 Å². The van der Waals surface area contributed by atoms with Gasteiger partial charge in [0, 0.05) is 28.9 Å². The lowest BCUT2D eigenvalue weighted by Crippen LogP contribution is -2.04. The number of methoxy groups -OCH3 is 1. The van der Waals surface area contributed by atoms with Crippen LogP contribution in [0.15, 0.2) is 42.9 Å². The van der Waals surface area contributed by atoms with Crippen LogP contribution in [0.5, 0.6) is 5.75 Å². The Kier molecular flexibility index (Phi) is 4.60. The van der Waals surface area contributed by atoms with Gasteiger partial charge in [-0.25, -0.2) is 9.50 Å². The fourth-order valence-electron chi connectivity index (χ4n) is 3.48. The summed E-state index contributed by atoms with van der Waals surface area (Å²) in [5.74, 6) is 0.941. The van der Waals surface area contributed by atoms with Crippen LogP contribution in [0.1, 0.15) is 43.9 Å². The minimum atomic E-state index is 0.00948. The third kappa shape index (κ3) is 3.03. The lowest BCUT2D eigenvalue weighted by Gasteiger charge is -2.12. The first kappa shape index (κ1) is 18.2.